The van der Waals surface area contributed by atoms with Gasteiger partial charge in [0.2, 0.25) is 0 Å². The average Bonchev–Trinajstić information content (AvgIpc) is 2.64. The molecule has 0 aromatic carbocycles. The van der Waals surface area contributed by atoms with E-state index >= 15 is 0 Å². The Morgan fingerprint density at radius 3 is 1.59 bits per heavy atom. The molecule has 0 spiro atoms. The van der Waals surface area contributed by atoms with E-state index in [1.807, 2.05) is 0 Å². The van der Waals surface area contributed by atoms with Crippen molar-refractivity contribution in [3.8, 4) is 0 Å². The van der Waals surface area contributed by atoms with E-state index in [2.05, 4.69) is 13.8 Å². The summed E-state index contributed by atoms with van der Waals surface area (Å²) in [5.41, 5.74) is 0. The molecule has 0 aliphatic rings. The molecule has 4 nitrogen and oxygen atoms in total. The molecule has 4 heteroatoms. The minimum absolute atomic E-state index is 0.163. The zero-order chi connectivity index (χ0) is 20.2. The maximum Gasteiger partial charge on any atom is 0.306 e. The van der Waals surface area contributed by atoms with E-state index in [1.54, 1.807) is 6.92 Å². The van der Waals surface area contributed by atoms with Crippen LogP contribution in [0.3, 0.4) is 0 Å². The summed E-state index contributed by atoms with van der Waals surface area (Å²) >= 11 is 0. The number of hydrogen-bond acceptors (Lipinski definition) is 4. The van der Waals surface area contributed by atoms with Crippen LogP contribution in [-0.4, -0.2) is 24.6 Å². The summed E-state index contributed by atoms with van der Waals surface area (Å²) in [7, 11) is 0. The van der Waals surface area contributed by atoms with Crippen LogP contribution in [0.2, 0.25) is 0 Å². The number of carbonyl (C=O) groups is 2. The van der Waals surface area contributed by atoms with E-state index < -0.39 is 0 Å². The molecular formula is C23H44O4. The molecule has 0 heterocycles. The number of rotatable bonds is 19. The maximum atomic E-state index is 11.7. The fourth-order valence-corrected chi connectivity index (χ4v) is 3.05. The fourth-order valence-electron chi connectivity index (χ4n) is 3.05. The highest BCUT2D eigenvalue weighted by Gasteiger charge is 2.12. The Balaban J connectivity index is 3.42. The van der Waals surface area contributed by atoms with Crippen LogP contribution >= 0.6 is 0 Å². The lowest BCUT2D eigenvalue weighted by molar-refractivity contribution is -0.158. The lowest BCUT2D eigenvalue weighted by Gasteiger charge is -2.13. The van der Waals surface area contributed by atoms with Gasteiger partial charge >= 0.3 is 11.9 Å². The van der Waals surface area contributed by atoms with Gasteiger partial charge in [-0.3, -0.25) is 9.59 Å². The number of ether oxygens (including phenoxy) is 2. The van der Waals surface area contributed by atoms with Crippen LogP contribution in [0.1, 0.15) is 124 Å². The van der Waals surface area contributed by atoms with Crippen LogP contribution in [0.25, 0.3) is 0 Å². The molecule has 0 radical (unpaired) electrons. The molecule has 0 aromatic heterocycles. The summed E-state index contributed by atoms with van der Waals surface area (Å²) in [4.78, 5) is 23.3. The quantitative estimate of drug-likeness (QED) is 0.183. The van der Waals surface area contributed by atoms with Crippen molar-refractivity contribution < 1.29 is 19.1 Å². The Kier molecular flexibility index (Phi) is 18.9. The van der Waals surface area contributed by atoms with Crippen molar-refractivity contribution in [2.24, 2.45) is 0 Å². The lowest BCUT2D eigenvalue weighted by Crippen LogP contribution is -2.22. The van der Waals surface area contributed by atoms with Gasteiger partial charge in [-0.2, -0.15) is 0 Å². The van der Waals surface area contributed by atoms with Crippen molar-refractivity contribution in [2.45, 2.75) is 130 Å². The Morgan fingerprint density at radius 1 is 0.630 bits per heavy atom. The Labute approximate surface area is 167 Å². The summed E-state index contributed by atoms with van der Waals surface area (Å²) < 4.78 is 10.4. The first-order valence-electron chi connectivity index (χ1n) is 11.4. The average molecular weight is 385 g/mol. The molecule has 0 saturated carbocycles. The molecule has 0 bridgehead atoms. The van der Waals surface area contributed by atoms with Crippen molar-refractivity contribution >= 4 is 11.9 Å². The van der Waals surface area contributed by atoms with Gasteiger partial charge < -0.3 is 9.47 Å². The van der Waals surface area contributed by atoms with Crippen LogP contribution in [0.15, 0.2) is 0 Å². The molecule has 0 fully saturated rings. The molecule has 0 saturated heterocycles. The van der Waals surface area contributed by atoms with Crippen molar-refractivity contribution in [3.05, 3.63) is 0 Å². The Bertz CT molecular complexity index is 354. The van der Waals surface area contributed by atoms with Crippen molar-refractivity contribution in [2.75, 3.05) is 6.61 Å². The third-order valence-electron chi connectivity index (χ3n) is 4.78. The third-order valence-corrected chi connectivity index (χ3v) is 4.78. The zero-order valence-electron chi connectivity index (χ0n) is 18.2. The minimum Gasteiger partial charge on any atom is -0.462 e. The van der Waals surface area contributed by atoms with Crippen LogP contribution < -0.4 is 0 Å². The van der Waals surface area contributed by atoms with Gasteiger partial charge in [-0.25, -0.2) is 0 Å². The fraction of sp³-hybridized carbons (Fsp3) is 0.913. The van der Waals surface area contributed by atoms with Crippen molar-refractivity contribution in [3.63, 3.8) is 0 Å². The van der Waals surface area contributed by atoms with Crippen molar-refractivity contribution in [1.29, 1.82) is 0 Å². The monoisotopic (exact) mass is 384 g/mol. The molecule has 0 amide bonds. The zero-order valence-corrected chi connectivity index (χ0v) is 18.2. The Morgan fingerprint density at radius 2 is 1.04 bits per heavy atom. The predicted molar refractivity (Wildman–Crippen MR) is 112 cm³/mol. The van der Waals surface area contributed by atoms with E-state index in [4.69, 9.17) is 9.47 Å². The first-order valence-corrected chi connectivity index (χ1v) is 11.4. The van der Waals surface area contributed by atoms with E-state index in [9.17, 15) is 9.59 Å². The van der Waals surface area contributed by atoms with E-state index in [0.717, 1.165) is 32.1 Å². The molecule has 0 aliphatic carbocycles. The second-order valence-corrected chi connectivity index (χ2v) is 7.73. The first-order chi connectivity index (χ1) is 13.1. The highest BCUT2D eigenvalue weighted by atomic mass is 16.6. The molecule has 27 heavy (non-hydrogen) atoms. The lowest BCUT2D eigenvalue weighted by atomic mass is 10.1. The van der Waals surface area contributed by atoms with Gasteiger partial charge in [0.1, 0.15) is 12.7 Å². The number of carbonyl (C=O) groups excluding carboxylic acids is 2. The van der Waals surface area contributed by atoms with Gasteiger partial charge in [-0.1, -0.05) is 90.9 Å². The summed E-state index contributed by atoms with van der Waals surface area (Å²) in [5, 5.41) is 0. The SMILES string of the molecule is CCCCCCCCCCCCCC(=O)OC[C@@H](C)OC(=O)CCCCC. The normalized spacial score (nSPS) is 12.0. The summed E-state index contributed by atoms with van der Waals surface area (Å²) in [5.74, 6) is -0.378. The van der Waals surface area contributed by atoms with Crippen molar-refractivity contribution in [1.82, 2.24) is 0 Å². The molecule has 0 unspecified atom stereocenters. The molecule has 0 aromatic rings. The number of unbranched alkanes of at least 4 members (excludes halogenated alkanes) is 12. The summed E-state index contributed by atoms with van der Waals surface area (Å²) in [6, 6.07) is 0. The second-order valence-electron chi connectivity index (χ2n) is 7.73. The maximum absolute atomic E-state index is 11.7. The van der Waals surface area contributed by atoms with E-state index in [1.165, 1.54) is 57.8 Å². The standard InChI is InChI=1S/C23H44O4/c1-4-6-8-9-10-11-12-13-14-15-17-18-22(24)26-20-21(3)27-23(25)19-16-7-5-2/h21H,4-20H2,1-3H3/t21-/m1/s1. The first kappa shape index (κ1) is 25.9. The summed E-state index contributed by atoms with van der Waals surface area (Å²) in [6.45, 7) is 6.29. The van der Waals surface area contributed by atoms with Crippen LogP contribution in [-0.2, 0) is 19.1 Å². The molecular weight excluding hydrogens is 340 g/mol. The van der Waals surface area contributed by atoms with Gasteiger partial charge in [0.25, 0.3) is 0 Å². The molecule has 0 N–H and O–H groups in total. The highest BCUT2D eigenvalue weighted by molar-refractivity contribution is 5.70. The van der Waals surface area contributed by atoms with Crippen LogP contribution in [0, 0.1) is 0 Å². The predicted octanol–water partition coefficient (Wildman–Crippen LogP) is 6.74. The van der Waals surface area contributed by atoms with E-state index in [-0.39, 0.29) is 24.6 Å². The molecule has 1 atom stereocenters. The number of hydrogen-bond donors (Lipinski definition) is 0. The minimum atomic E-state index is -0.361. The summed E-state index contributed by atoms with van der Waals surface area (Å²) in [6.07, 6.45) is 17.5. The molecule has 160 valence electrons. The topological polar surface area (TPSA) is 52.6 Å². The van der Waals surface area contributed by atoms with Crippen LogP contribution in [0.4, 0.5) is 0 Å². The largest absolute Gasteiger partial charge is 0.462 e. The van der Waals surface area contributed by atoms with Crippen LogP contribution in [0.5, 0.6) is 0 Å². The molecule has 0 aliphatic heterocycles. The van der Waals surface area contributed by atoms with Gasteiger partial charge in [0.15, 0.2) is 0 Å². The third kappa shape index (κ3) is 19.5. The van der Waals surface area contributed by atoms with Gasteiger partial charge in [0, 0.05) is 12.8 Å². The van der Waals surface area contributed by atoms with E-state index in [0.29, 0.717) is 12.8 Å². The highest BCUT2D eigenvalue weighted by Crippen LogP contribution is 2.12. The van der Waals surface area contributed by atoms with Gasteiger partial charge in [-0.05, 0) is 19.8 Å². The van der Waals surface area contributed by atoms with Gasteiger partial charge in [-0.15, -0.1) is 0 Å². The van der Waals surface area contributed by atoms with Gasteiger partial charge in [0.05, 0.1) is 0 Å². The number of esters is 2. The molecule has 0 rings (SSSR count). The Hall–Kier alpha value is -1.06. The smallest absolute Gasteiger partial charge is 0.306 e. The second kappa shape index (κ2) is 19.7.